The average molecular weight is 281 g/mol. The molecule has 1 saturated heterocycles. The molecular weight excluding hydrogens is 262 g/mol. The van der Waals surface area contributed by atoms with E-state index in [4.69, 9.17) is 0 Å². The molecule has 1 aliphatic heterocycles. The highest BCUT2D eigenvalue weighted by Gasteiger charge is 2.31. The van der Waals surface area contributed by atoms with Gasteiger partial charge in [-0.1, -0.05) is 0 Å². The van der Waals surface area contributed by atoms with Crippen molar-refractivity contribution >= 4 is 9.84 Å². The molecule has 2 fully saturated rings. The molecule has 0 bridgehead atoms. The van der Waals surface area contributed by atoms with Crippen molar-refractivity contribution in [2.75, 3.05) is 11.5 Å². The summed E-state index contributed by atoms with van der Waals surface area (Å²) in [5.74, 6) is 1.15. The lowest BCUT2D eigenvalue weighted by Gasteiger charge is -2.10. The van der Waals surface area contributed by atoms with Crippen molar-refractivity contribution in [3.8, 4) is 0 Å². The van der Waals surface area contributed by atoms with Crippen LogP contribution in [0.15, 0.2) is 6.07 Å². The van der Waals surface area contributed by atoms with Crippen LogP contribution in [-0.2, 0) is 16.4 Å². The van der Waals surface area contributed by atoms with E-state index in [-0.39, 0.29) is 17.4 Å². The maximum Gasteiger partial charge on any atom is 0.151 e. The van der Waals surface area contributed by atoms with Gasteiger partial charge in [-0.2, -0.15) is 0 Å². The van der Waals surface area contributed by atoms with E-state index in [1.54, 1.807) is 0 Å². The molecule has 5 nitrogen and oxygen atoms in total. The number of nitrogens with one attached hydrogen (secondary N) is 1. The van der Waals surface area contributed by atoms with Gasteiger partial charge < -0.3 is 5.32 Å². The first-order chi connectivity index (χ1) is 9.02. The Kier molecular flexibility index (Phi) is 3.30. The molecule has 6 heteroatoms. The number of aryl methyl sites for hydroxylation is 1. The number of rotatable bonds is 4. The van der Waals surface area contributed by atoms with Crippen LogP contribution in [0, 0.1) is 6.92 Å². The Labute approximate surface area is 113 Å². The van der Waals surface area contributed by atoms with Crippen molar-refractivity contribution in [1.29, 1.82) is 0 Å². The predicted octanol–water partition coefficient (Wildman–Crippen LogP) is 0.939. The Morgan fingerprint density at radius 1 is 1.32 bits per heavy atom. The molecule has 0 amide bonds. The summed E-state index contributed by atoms with van der Waals surface area (Å²) in [6, 6.07) is 2.62. The van der Waals surface area contributed by atoms with Crippen LogP contribution in [-0.4, -0.2) is 35.9 Å². The molecule has 19 heavy (non-hydrogen) atoms. The van der Waals surface area contributed by atoms with Crippen LogP contribution in [0.3, 0.4) is 0 Å². The number of sulfone groups is 1. The van der Waals surface area contributed by atoms with E-state index in [9.17, 15) is 8.42 Å². The van der Waals surface area contributed by atoms with Gasteiger partial charge in [0.15, 0.2) is 9.84 Å². The van der Waals surface area contributed by atoms with Gasteiger partial charge in [-0.15, -0.1) is 0 Å². The number of aromatic nitrogens is 2. The molecule has 1 aliphatic carbocycles. The van der Waals surface area contributed by atoms with Crippen molar-refractivity contribution in [3.05, 3.63) is 23.3 Å². The monoisotopic (exact) mass is 281 g/mol. The zero-order valence-electron chi connectivity index (χ0n) is 11.1. The quantitative estimate of drug-likeness (QED) is 0.889. The van der Waals surface area contributed by atoms with Gasteiger partial charge >= 0.3 is 0 Å². The van der Waals surface area contributed by atoms with E-state index < -0.39 is 9.84 Å². The zero-order valence-corrected chi connectivity index (χ0v) is 11.9. The smallest absolute Gasteiger partial charge is 0.151 e. The van der Waals surface area contributed by atoms with Gasteiger partial charge in [0.25, 0.3) is 0 Å². The fourth-order valence-corrected chi connectivity index (χ4v) is 4.21. The van der Waals surface area contributed by atoms with Gasteiger partial charge in [0.1, 0.15) is 5.82 Å². The molecule has 1 saturated carbocycles. The maximum atomic E-state index is 11.5. The minimum absolute atomic E-state index is 0.0235. The third-order valence-corrected chi connectivity index (χ3v) is 5.44. The second-order valence-corrected chi connectivity index (χ2v) is 7.84. The zero-order chi connectivity index (χ0) is 13.5. The number of nitrogens with zero attached hydrogens (tertiary/aromatic N) is 2. The highest BCUT2D eigenvalue weighted by Crippen LogP contribution is 2.27. The van der Waals surface area contributed by atoms with Crippen LogP contribution in [0.1, 0.15) is 42.4 Å². The van der Waals surface area contributed by atoms with Gasteiger partial charge in [-0.05, 0) is 32.3 Å². The lowest BCUT2D eigenvalue weighted by Crippen LogP contribution is -2.18. The Hall–Kier alpha value is -1.01. The maximum absolute atomic E-state index is 11.5. The van der Waals surface area contributed by atoms with Crippen molar-refractivity contribution in [1.82, 2.24) is 15.3 Å². The molecule has 0 spiro atoms. The molecule has 1 aromatic rings. The van der Waals surface area contributed by atoms with Crippen molar-refractivity contribution < 1.29 is 8.42 Å². The van der Waals surface area contributed by atoms with Gasteiger partial charge in [0.05, 0.1) is 17.2 Å². The standard InChI is InChI=1S/C13H19N3O2S/c1-9-6-12(7-14-11-2-3-11)16-13(15-9)10-4-5-19(17,18)8-10/h6,10-11,14H,2-5,7-8H2,1H3. The summed E-state index contributed by atoms with van der Waals surface area (Å²) in [4.78, 5) is 8.96. The molecule has 2 heterocycles. The molecule has 1 aromatic heterocycles. The van der Waals surface area contributed by atoms with Crippen LogP contribution >= 0.6 is 0 Å². The second kappa shape index (κ2) is 4.83. The summed E-state index contributed by atoms with van der Waals surface area (Å²) >= 11 is 0. The topological polar surface area (TPSA) is 72.0 Å². The summed E-state index contributed by atoms with van der Waals surface area (Å²) in [6.45, 7) is 2.69. The molecule has 104 valence electrons. The Morgan fingerprint density at radius 3 is 2.74 bits per heavy atom. The summed E-state index contributed by atoms with van der Waals surface area (Å²) in [5.41, 5.74) is 1.89. The molecule has 3 rings (SSSR count). The first-order valence-electron chi connectivity index (χ1n) is 6.80. The van der Waals surface area contributed by atoms with E-state index in [1.807, 2.05) is 13.0 Å². The molecular formula is C13H19N3O2S. The van der Waals surface area contributed by atoms with E-state index in [2.05, 4.69) is 15.3 Å². The molecule has 1 atom stereocenters. The number of hydrogen-bond acceptors (Lipinski definition) is 5. The lowest BCUT2D eigenvalue weighted by atomic mass is 10.1. The van der Waals surface area contributed by atoms with Crippen molar-refractivity contribution in [2.24, 2.45) is 0 Å². The van der Waals surface area contributed by atoms with E-state index in [1.165, 1.54) is 12.8 Å². The second-order valence-electron chi connectivity index (χ2n) is 5.61. The summed E-state index contributed by atoms with van der Waals surface area (Å²) in [7, 11) is -2.88. The molecule has 0 aromatic carbocycles. The molecule has 0 radical (unpaired) electrons. The minimum atomic E-state index is -2.88. The van der Waals surface area contributed by atoms with Gasteiger partial charge in [-0.25, -0.2) is 18.4 Å². The van der Waals surface area contributed by atoms with Gasteiger partial charge in [0.2, 0.25) is 0 Å². The fraction of sp³-hybridized carbons (Fsp3) is 0.692. The summed E-state index contributed by atoms with van der Waals surface area (Å²) in [6.07, 6.45) is 3.15. The largest absolute Gasteiger partial charge is 0.308 e. The Morgan fingerprint density at radius 2 is 2.11 bits per heavy atom. The van der Waals surface area contributed by atoms with E-state index >= 15 is 0 Å². The van der Waals surface area contributed by atoms with Crippen LogP contribution in [0.2, 0.25) is 0 Å². The molecule has 1 N–H and O–H groups in total. The Balaban J connectivity index is 1.76. The van der Waals surface area contributed by atoms with Crippen LogP contribution in [0.25, 0.3) is 0 Å². The lowest BCUT2D eigenvalue weighted by molar-refractivity contribution is 0.600. The average Bonchev–Trinajstić information content (AvgIpc) is 3.09. The fourth-order valence-electron chi connectivity index (χ4n) is 2.47. The third-order valence-electron chi connectivity index (χ3n) is 3.67. The van der Waals surface area contributed by atoms with Crippen molar-refractivity contribution in [2.45, 2.75) is 44.7 Å². The highest BCUT2D eigenvalue weighted by molar-refractivity contribution is 7.91. The van der Waals surface area contributed by atoms with Gasteiger partial charge in [0, 0.05) is 24.2 Å². The summed E-state index contributed by atoms with van der Waals surface area (Å²) in [5, 5.41) is 3.43. The van der Waals surface area contributed by atoms with Crippen molar-refractivity contribution in [3.63, 3.8) is 0 Å². The summed E-state index contributed by atoms with van der Waals surface area (Å²) < 4.78 is 23.1. The molecule has 1 unspecified atom stereocenters. The van der Waals surface area contributed by atoms with Crippen LogP contribution in [0.4, 0.5) is 0 Å². The number of hydrogen-bond donors (Lipinski definition) is 1. The van der Waals surface area contributed by atoms with Crippen LogP contribution in [0.5, 0.6) is 0 Å². The predicted molar refractivity (Wildman–Crippen MR) is 72.6 cm³/mol. The first kappa shape index (κ1) is 13.0. The Bertz CT molecular complexity index is 582. The highest BCUT2D eigenvalue weighted by atomic mass is 32.2. The normalized spacial score (nSPS) is 25.6. The van der Waals surface area contributed by atoms with Gasteiger partial charge in [-0.3, -0.25) is 0 Å². The SMILES string of the molecule is Cc1cc(CNC2CC2)nc(C2CCS(=O)(=O)C2)n1. The molecule has 2 aliphatic rings. The first-order valence-corrected chi connectivity index (χ1v) is 8.62. The third kappa shape index (κ3) is 3.30. The minimum Gasteiger partial charge on any atom is -0.308 e. The van der Waals surface area contributed by atoms with E-state index in [0.717, 1.165) is 17.9 Å². The van der Waals surface area contributed by atoms with E-state index in [0.29, 0.717) is 18.3 Å². The van der Waals surface area contributed by atoms with Crippen LogP contribution < -0.4 is 5.32 Å².